The largest absolute Gasteiger partial charge is 0.458 e. The van der Waals surface area contributed by atoms with E-state index >= 15 is 0 Å². The van der Waals surface area contributed by atoms with E-state index < -0.39 is 8.07 Å². The first-order valence-electron chi connectivity index (χ1n) is 10.4. The van der Waals surface area contributed by atoms with Crippen LogP contribution in [-0.2, 0) is 9.53 Å². The van der Waals surface area contributed by atoms with Gasteiger partial charge in [0.1, 0.15) is 14.2 Å². The van der Waals surface area contributed by atoms with Crippen LogP contribution in [0.4, 0.5) is 0 Å². The number of hydrogen-bond donors (Lipinski definition) is 0. The Balaban J connectivity index is 5.28. The lowest BCUT2D eigenvalue weighted by Crippen LogP contribution is -2.29. The van der Waals surface area contributed by atoms with Crippen LogP contribution in [0.1, 0.15) is 80.1 Å². The molecular weight excluding hydrogens is 336 g/mol. The molecule has 1 unspecified atom stereocenters. The third kappa shape index (κ3) is 9.43. The molecule has 0 aliphatic carbocycles. The number of esters is 1. The molecule has 0 fully saturated rings. The van der Waals surface area contributed by atoms with E-state index in [1.165, 1.54) is 57.2 Å². The van der Waals surface area contributed by atoms with Crippen molar-refractivity contribution in [1.82, 2.24) is 0 Å². The predicted octanol–water partition coefficient (Wildman–Crippen LogP) is 6.83. The lowest BCUT2D eigenvalue weighted by Gasteiger charge is -2.21. The Labute approximate surface area is 163 Å². The van der Waals surface area contributed by atoms with Crippen LogP contribution in [0.5, 0.6) is 0 Å². The minimum absolute atomic E-state index is 0.273. The Morgan fingerprint density at radius 2 is 1.65 bits per heavy atom. The number of carbonyl (C=O) groups excluding carboxylic acids is 1. The second kappa shape index (κ2) is 13.9. The Kier molecular flexibility index (Phi) is 13.2. The van der Waals surface area contributed by atoms with Gasteiger partial charge in [0.15, 0.2) is 0 Å². The van der Waals surface area contributed by atoms with Gasteiger partial charge >= 0.3 is 5.97 Å². The summed E-state index contributed by atoms with van der Waals surface area (Å²) in [6.07, 6.45) is 9.21. The Bertz CT molecular complexity index is 510. The molecule has 0 aliphatic rings. The van der Waals surface area contributed by atoms with Gasteiger partial charge in [-0.15, -0.1) is 5.54 Å². The highest BCUT2D eigenvalue weighted by molar-refractivity contribution is 6.87. The van der Waals surface area contributed by atoms with Crippen LogP contribution in [0, 0.1) is 11.5 Å². The number of allylic oxidation sites excluding steroid dienone is 1. The zero-order valence-corrected chi connectivity index (χ0v) is 19.0. The first-order chi connectivity index (χ1) is 12.4. The monoisotopic (exact) mass is 376 g/mol. The summed E-state index contributed by atoms with van der Waals surface area (Å²) in [5.41, 5.74) is 5.45. The van der Waals surface area contributed by atoms with Gasteiger partial charge in [-0.2, -0.15) is 0 Å². The van der Waals surface area contributed by atoms with Crippen molar-refractivity contribution in [3.05, 3.63) is 23.8 Å². The Hall–Kier alpha value is -1.27. The van der Waals surface area contributed by atoms with Crippen molar-refractivity contribution in [3.63, 3.8) is 0 Å². The van der Waals surface area contributed by atoms with E-state index in [4.69, 9.17) is 4.74 Å². The molecule has 0 aromatic rings. The fraction of sp³-hybridized carbons (Fsp3) is 0.696. The van der Waals surface area contributed by atoms with Crippen LogP contribution in [0.25, 0.3) is 0 Å². The highest BCUT2D eigenvalue weighted by atomic mass is 28.3. The summed E-state index contributed by atoms with van der Waals surface area (Å²) in [5, 5.41) is 0. The number of carbonyl (C=O) groups is 1. The maximum Gasteiger partial charge on any atom is 0.303 e. The quantitative estimate of drug-likeness (QED) is 0.123. The average Bonchev–Trinajstić information content (AvgIpc) is 2.63. The fourth-order valence-corrected chi connectivity index (χ4v) is 5.44. The van der Waals surface area contributed by atoms with E-state index in [9.17, 15) is 4.79 Å². The van der Waals surface area contributed by atoms with E-state index in [0.29, 0.717) is 0 Å². The topological polar surface area (TPSA) is 26.3 Å². The maximum atomic E-state index is 11.3. The third-order valence-corrected chi connectivity index (χ3v) is 10.0. The second-order valence-corrected chi connectivity index (χ2v) is 12.1. The number of unbranched alkanes of at least 4 members (excludes halogenated alkanes) is 5. The minimum Gasteiger partial charge on any atom is -0.458 e. The molecule has 0 aromatic heterocycles. The van der Waals surface area contributed by atoms with E-state index in [0.717, 1.165) is 17.6 Å². The van der Waals surface area contributed by atoms with Crippen molar-refractivity contribution in [2.45, 2.75) is 104 Å². The summed E-state index contributed by atoms with van der Waals surface area (Å²) in [4.78, 5) is 11.3. The highest BCUT2D eigenvalue weighted by Crippen LogP contribution is 2.21. The third-order valence-electron chi connectivity index (χ3n) is 5.33. The molecule has 0 radical (unpaired) electrons. The average molecular weight is 377 g/mol. The van der Waals surface area contributed by atoms with Crippen LogP contribution >= 0.6 is 0 Å². The molecular formula is C23H40O2Si. The van der Waals surface area contributed by atoms with Crippen LogP contribution in [0.15, 0.2) is 23.8 Å². The van der Waals surface area contributed by atoms with Gasteiger partial charge in [-0.25, -0.2) is 0 Å². The summed E-state index contributed by atoms with van der Waals surface area (Å²) in [6, 6.07) is 3.55. The van der Waals surface area contributed by atoms with Gasteiger partial charge in [0, 0.05) is 18.1 Å². The van der Waals surface area contributed by atoms with Crippen molar-refractivity contribution in [1.29, 1.82) is 0 Å². The summed E-state index contributed by atoms with van der Waals surface area (Å²) in [5.74, 6) is 3.18. The first kappa shape index (κ1) is 24.7. The highest BCUT2D eigenvalue weighted by Gasteiger charge is 2.24. The molecule has 0 aromatic carbocycles. The van der Waals surface area contributed by atoms with Gasteiger partial charge in [-0.3, -0.25) is 4.79 Å². The number of hydrogen-bond acceptors (Lipinski definition) is 2. The van der Waals surface area contributed by atoms with Gasteiger partial charge < -0.3 is 4.74 Å². The fourth-order valence-electron chi connectivity index (χ4n) is 3.01. The second-order valence-electron chi connectivity index (χ2n) is 7.19. The van der Waals surface area contributed by atoms with Crippen molar-refractivity contribution in [2.24, 2.45) is 0 Å². The molecule has 0 amide bonds. The van der Waals surface area contributed by atoms with E-state index in [-0.39, 0.29) is 12.1 Å². The van der Waals surface area contributed by atoms with E-state index in [1.807, 2.05) is 6.92 Å². The molecule has 0 bridgehead atoms. The van der Waals surface area contributed by atoms with E-state index in [1.54, 1.807) is 0 Å². The molecule has 0 saturated heterocycles. The summed E-state index contributed by atoms with van der Waals surface area (Å²) >= 11 is 0. The summed E-state index contributed by atoms with van der Waals surface area (Å²) in [6.45, 7) is 16.5. The molecule has 26 heavy (non-hydrogen) atoms. The smallest absolute Gasteiger partial charge is 0.303 e. The SMILES string of the molecule is C=C(/C(C#C[Si](CC)(CC)CC)=C/CCCCCCC)C(C)OC(C)=O. The molecule has 0 N–H and O–H groups in total. The number of rotatable bonds is 12. The molecule has 0 heterocycles. The normalized spacial score (nSPS) is 12.9. The van der Waals surface area contributed by atoms with Crippen LogP contribution in [0.2, 0.25) is 18.1 Å². The Morgan fingerprint density at radius 1 is 1.08 bits per heavy atom. The minimum atomic E-state index is -1.51. The van der Waals surface area contributed by atoms with E-state index in [2.05, 4.69) is 51.8 Å². The summed E-state index contributed by atoms with van der Waals surface area (Å²) < 4.78 is 5.33. The van der Waals surface area contributed by atoms with Crippen LogP contribution < -0.4 is 0 Å². The molecule has 1 atom stereocenters. The van der Waals surface area contributed by atoms with Gasteiger partial charge in [0.05, 0.1) is 0 Å². The molecule has 0 aliphatic heterocycles. The predicted molar refractivity (Wildman–Crippen MR) is 117 cm³/mol. The van der Waals surface area contributed by atoms with Crippen LogP contribution in [-0.4, -0.2) is 20.1 Å². The summed E-state index contributed by atoms with van der Waals surface area (Å²) in [7, 11) is -1.51. The lowest BCUT2D eigenvalue weighted by atomic mass is 10.0. The van der Waals surface area contributed by atoms with Gasteiger partial charge in [0.2, 0.25) is 0 Å². The molecule has 2 nitrogen and oxygen atoms in total. The van der Waals surface area contributed by atoms with Crippen molar-refractivity contribution in [3.8, 4) is 11.5 Å². The molecule has 0 spiro atoms. The van der Waals surface area contributed by atoms with Gasteiger partial charge in [0.25, 0.3) is 0 Å². The molecule has 0 saturated carbocycles. The molecule has 3 heteroatoms. The molecule has 0 rings (SSSR count). The van der Waals surface area contributed by atoms with Crippen molar-refractivity contribution < 1.29 is 9.53 Å². The maximum absolute atomic E-state index is 11.3. The van der Waals surface area contributed by atoms with Gasteiger partial charge in [-0.05, 0) is 37.9 Å². The first-order valence-corrected chi connectivity index (χ1v) is 13.1. The van der Waals surface area contributed by atoms with Crippen molar-refractivity contribution in [2.75, 3.05) is 0 Å². The van der Waals surface area contributed by atoms with Crippen LogP contribution in [0.3, 0.4) is 0 Å². The standard InChI is InChI=1S/C23H40O2Si/c1-8-12-13-14-15-16-17-23(20(5)21(6)25-22(7)24)18-19-26(9-2,10-3)11-4/h17,21H,5,8-16H2,1-4,6-7H3/b23-17+. The zero-order valence-electron chi connectivity index (χ0n) is 18.0. The molecule has 148 valence electrons. The lowest BCUT2D eigenvalue weighted by molar-refractivity contribution is -0.143. The van der Waals surface area contributed by atoms with Crippen molar-refractivity contribution >= 4 is 14.0 Å². The Morgan fingerprint density at radius 3 is 2.15 bits per heavy atom. The van der Waals surface area contributed by atoms with Gasteiger partial charge in [-0.1, -0.05) is 72.0 Å². The zero-order chi connectivity index (χ0) is 20.0. The number of ether oxygens (including phenoxy) is 1.